The van der Waals surface area contributed by atoms with Crippen molar-refractivity contribution in [3.63, 3.8) is 0 Å². The molecule has 1 saturated heterocycles. The van der Waals surface area contributed by atoms with E-state index in [-0.39, 0.29) is 13.0 Å². The molecular formula is C21H32N2O10. The maximum absolute atomic E-state index is 12.7. The molecule has 1 heterocycles. The number of rotatable bonds is 10. The third kappa shape index (κ3) is 7.08. The number of benzene rings is 1. The lowest BCUT2D eigenvalue weighted by atomic mass is 9.88. The summed E-state index contributed by atoms with van der Waals surface area (Å²) in [6, 6.07) is 6.59. The number of aliphatic hydroxyl groups is 5. The number of hydrogen-bond donors (Lipinski definition) is 7. The van der Waals surface area contributed by atoms with Gasteiger partial charge in [-0.3, -0.25) is 4.79 Å². The van der Waals surface area contributed by atoms with E-state index in [2.05, 4.69) is 10.6 Å². The van der Waals surface area contributed by atoms with Crippen molar-refractivity contribution in [2.45, 2.75) is 62.2 Å². The van der Waals surface area contributed by atoms with Gasteiger partial charge in [0.2, 0.25) is 5.91 Å². The minimum absolute atomic E-state index is 0.00374. The number of hydrogen-bond acceptors (Lipinski definition) is 10. The number of carbonyl (C=O) groups is 2. The molecule has 1 aliphatic rings. The van der Waals surface area contributed by atoms with Gasteiger partial charge in [0.1, 0.15) is 31.0 Å². The Bertz CT molecular complexity index is 761. The van der Waals surface area contributed by atoms with Gasteiger partial charge in [-0.1, -0.05) is 30.3 Å². The van der Waals surface area contributed by atoms with Crippen LogP contribution >= 0.6 is 0 Å². The molecule has 1 aromatic carbocycles. The zero-order valence-electron chi connectivity index (χ0n) is 18.5. The lowest BCUT2D eigenvalue weighted by Crippen LogP contribution is -2.68. The Morgan fingerprint density at radius 1 is 1.24 bits per heavy atom. The average molecular weight is 472 g/mol. The number of nitrogens with one attached hydrogen (secondary N) is 2. The number of aliphatic hydroxyl groups excluding tert-OH is 5. The molecule has 186 valence electrons. The monoisotopic (exact) mass is 472 g/mol. The fourth-order valence-electron chi connectivity index (χ4n) is 3.42. The highest BCUT2D eigenvalue weighted by Crippen LogP contribution is 2.32. The van der Waals surface area contributed by atoms with Crippen LogP contribution in [0.15, 0.2) is 30.3 Å². The molecule has 1 aromatic rings. The van der Waals surface area contributed by atoms with Gasteiger partial charge in [0.05, 0.1) is 25.4 Å². The Morgan fingerprint density at radius 3 is 2.48 bits per heavy atom. The second-order valence-corrected chi connectivity index (χ2v) is 7.83. The van der Waals surface area contributed by atoms with Crippen LogP contribution in [0, 0.1) is 0 Å². The van der Waals surface area contributed by atoms with Crippen molar-refractivity contribution < 1.29 is 49.3 Å². The van der Waals surface area contributed by atoms with Crippen LogP contribution in [0.3, 0.4) is 0 Å². The summed E-state index contributed by atoms with van der Waals surface area (Å²) in [7, 11) is 1.22. The van der Waals surface area contributed by atoms with E-state index in [9.17, 15) is 35.1 Å². The summed E-state index contributed by atoms with van der Waals surface area (Å²) in [5.41, 5.74) is 0.761. The van der Waals surface area contributed by atoms with E-state index < -0.39 is 67.5 Å². The van der Waals surface area contributed by atoms with Crippen LogP contribution < -0.4 is 10.6 Å². The number of alkyl carbamates (subject to hydrolysis) is 1. The van der Waals surface area contributed by atoms with E-state index >= 15 is 0 Å². The lowest BCUT2D eigenvalue weighted by molar-refractivity contribution is -0.322. The predicted octanol–water partition coefficient (Wildman–Crippen LogP) is -2.01. The largest absolute Gasteiger partial charge is 0.445 e. The molecule has 12 nitrogen and oxygen atoms in total. The van der Waals surface area contributed by atoms with Crippen LogP contribution in [0.4, 0.5) is 4.79 Å². The summed E-state index contributed by atoms with van der Waals surface area (Å²) in [6.45, 7) is -0.104. The van der Waals surface area contributed by atoms with E-state index in [4.69, 9.17) is 14.2 Å². The summed E-state index contributed by atoms with van der Waals surface area (Å²) in [5.74, 6) is -2.42. The maximum atomic E-state index is 12.7. The molecule has 0 bridgehead atoms. The van der Waals surface area contributed by atoms with Crippen molar-refractivity contribution in [2.24, 2.45) is 0 Å². The van der Waals surface area contributed by atoms with Gasteiger partial charge in [0, 0.05) is 13.5 Å². The topological polar surface area (TPSA) is 187 Å². The molecule has 1 aliphatic heterocycles. The highest BCUT2D eigenvalue weighted by atomic mass is 16.7. The van der Waals surface area contributed by atoms with Crippen molar-refractivity contribution in [2.75, 3.05) is 20.3 Å². The van der Waals surface area contributed by atoms with Crippen molar-refractivity contribution in [3.05, 3.63) is 35.9 Å². The van der Waals surface area contributed by atoms with Crippen molar-refractivity contribution >= 4 is 12.0 Å². The summed E-state index contributed by atoms with van der Waals surface area (Å²) < 4.78 is 15.8. The molecule has 0 aromatic heterocycles. The molecule has 12 heteroatoms. The number of ether oxygens (including phenoxy) is 3. The highest BCUT2D eigenvalue weighted by Gasteiger charge is 2.51. The first-order chi connectivity index (χ1) is 15.7. The van der Waals surface area contributed by atoms with Crippen molar-refractivity contribution in [3.8, 4) is 0 Å². The second kappa shape index (κ2) is 12.2. The molecule has 2 amide bonds. The minimum atomic E-state index is -1.74. The van der Waals surface area contributed by atoms with Gasteiger partial charge in [-0.05, 0) is 12.5 Å². The van der Waals surface area contributed by atoms with Crippen LogP contribution in [-0.2, 0) is 25.6 Å². The first kappa shape index (κ1) is 26.9. The molecule has 0 spiro atoms. The first-order valence-electron chi connectivity index (χ1n) is 10.4. The zero-order valence-corrected chi connectivity index (χ0v) is 18.5. The molecular weight excluding hydrogens is 440 g/mol. The molecule has 0 radical (unpaired) electrons. The van der Waals surface area contributed by atoms with Gasteiger partial charge >= 0.3 is 6.09 Å². The Labute approximate surface area is 191 Å². The van der Waals surface area contributed by atoms with Gasteiger partial charge in [-0.2, -0.15) is 0 Å². The van der Waals surface area contributed by atoms with Crippen LogP contribution in [0.5, 0.6) is 0 Å². The van der Waals surface area contributed by atoms with Crippen LogP contribution in [0.1, 0.15) is 18.9 Å². The van der Waals surface area contributed by atoms with Gasteiger partial charge in [0.25, 0.3) is 0 Å². The number of carbonyl (C=O) groups excluding carboxylic acids is 2. The zero-order chi connectivity index (χ0) is 24.6. The molecule has 1 unspecified atom stereocenters. The average Bonchev–Trinajstić information content (AvgIpc) is 2.83. The molecule has 7 atom stereocenters. The Kier molecular flexibility index (Phi) is 9.98. The number of methoxy groups -OCH3 is 1. The van der Waals surface area contributed by atoms with E-state index in [0.29, 0.717) is 0 Å². The third-order valence-electron chi connectivity index (χ3n) is 5.42. The molecule has 1 fully saturated rings. The number of amides is 2. The summed E-state index contributed by atoms with van der Waals surface area (Å²) >= 11 is 0. The summed E-state index contributed by atoms with van der Waals surface area (Å²) in [6.07, 6.45) is -7.31. The maximum Gasteiger partial charge on any atom is 0.408 e. The van der Waals surface area contributed by atoms with Gasteiger partial charge in [-0.25, -0.2) is 4.79 Å². The van der Waals surface area contributed by atoms with Crippen LogP contribution in [0.25, 0.3) is 0 Å². The van der Waals surface area contributed by atoms with Crippen molar-refractivity contribution in [1.29, 1.82) is 0 Å². The Balaban J connectivity index is 2.03. The Hall–Kier alpha value is -2.32. The molecule has 7 N–H and O–H groups in total. The quantitative estimate of drug-likeness (QED) is 0.200. The second-order valence-electron chi connectivity index (χ2n) is 7.83. The van der Waals surface area contributed by atoms with Crippen molar-refractivity contribution in [1.82, 2.24) is 10.6 Å². The smallest absolute Gasteiger partial charge is 0.408 e. The SMILES string of the molecule is CO[C@@]1(CO)C[C@H](O)[C@@H](NC(=O)C(C)NC(=O)OCc2ccccc2)[C@H]([C@H](O)[C@H](O)CO)O1. The van der Waals surface area contributed by atoms with Crippen LogP contribution in [0.2, 0.25) is 0 Å². The van der Waals surface area contributed by atoms with E-state index in [1.807, 2.05) is 6.07 Å². The summed E-state index contributed by atoms with van der Waals surface area (Å²) in [5, 5.41) is 54.5. The molecule has 0 saturated carbocycles. The standard InChI is InChI=1S/C21H32N2O10/c1-12(22-20(30)32-10-13-6-4-3-5-7-13)19(29)23-16-14(26)8-21(11-25,31-2)33-18(16)17(28)15(27)9-24/h3-7,12,14-18,24-28H,8-11H2,1-2H3,(H,22,30)(H,23,29)/t12?,14-,15+,16+,17+,18+,21-/m0/s1. The fraction of sp³-hybridized carbons (Fsp3) is 0.619. The highest BCUT2D eigenvalue weighted by molar-refractivity contribution is 5.85. The van der Waals surface area contributed by atoms with E-state index in [0.717, 1.165) is 5.56 Å². The van der Waals surface area contributed by atoms with Gasteiger partial charge < -0.3 is 50.4 Å². The lowest BCUT2D eigenvalue weighted by Gasteiger charge is -2.47. The van der Waals surface area contributed by atoms with Crippen LogP contribution in [-0.4, -0.2) is 100 Å². The first-order valence-corrected chi connectivity index (χ1v) is 10.4. The fourth-order valence-corrected chi connectivity index (χ4v) is 3.42. The predicted molar refractivity (Wildman–Crippen MR) is 113 cm³/mol. The van der Waals surface area contributed by atoms with Gasteiger partial charge in [0.15, 0.2) is 5.79 Å². The minimum Gasteiger partial charge on any atom is -0.445 e. The molecule has 0 aliphatic carbocycles. The third-order valence-corrected chi connectivity index (χ3v) is 5.42. The molecule has 2 rings (SSSR count). The Morgan fingerprint density at radius 2 is 1.91 bits per heavy atom. The van der Waals surface area contributed by atoms with E-state index in [1.54, 1.807) is 24.3 Å². The van der Waals surface area contributed by atoms with E-state index in [1.165, 1.54) is 14.0 Å². The summed E-state index contributed by atoms with van der Waals surface area (Å²) in [4.78, 5) is 24.7. The normalized spacial score (nSPS) is 27.8. The molecule has 33 heavy (non-hydrogen) atoms. The van der Waals surface area contributed by atoms with Gasteiger partial charge in [-0.15, -0.1) is 0 Å².